The van der Waals surface area contributed by atoms with Gasteiger partial charge >= 0.3 is 0 Å². The summed E-state index contributed by atoms with van der Waals surface area (Å²) in [5.74, 6) is -0.109. The lowest BCUT2D eigenvalue weighted by atomic mass is 9.82. The monoisotopic (exact) mass is 699 g/mol. The molecule has 1 fully saturated rings. The molecule has 3 aliphatic rings. The molecule has 4 heterocycles. The predicted molar refractivity (Wildman–Crippen MR) is 195 cm³/mol. The van der Waals surface area contributed by atoms with Crippen LogP contribution < -0.4 is 14.5 Å². The minimum absolute atomic E-state index is 0.0113. The Kier molecular flexibility index (Phi) is 10.2. The zero-order chi connectivity index (χ0) is 35.8. The van der Waals surface area contributed by atoms with Crippen LogP contribution in [0.25, 0.3) is 0 Å². The maximum atomic E-state index is 15.0. The van der Waals surface area contributed by atoms with Crippen molar-refractivity contribution in [3.05, 3.63) is 83.2 Å². The van der Waals surface area contributed by atoms with Gasteiger partial charge in [-0.1, -0.05) is 47.6 Å². The van der Waals surface area contributed by atoms with Crippen LogP contribution in [0.1, 0.15) is 58.2 Å². The maximum Gasteiger partial charge on any atom is 0.269 e. The molecular formula is C38H49N5O6Si. The van der Waals surface area contributed by atoms with Gasteiger partial charge in [0.25, 0.3) is 11.8 Å². The third-order valence-electron chi connectivity index (χ3n) is 10.2. The first-order valence-corrected chi connectivity index (χ1v) is 20.6. The van der Waals surface area contributed by atoms with Gasteiger partial charge in [-0.05, 0) is 83.5 Å². The molecule has 1 spiro atoms. The molecule has 1 saturated heterocycles. The summed E-state index contributed by atoms with van der Waals surface area (Å²) in [7, 11) is -2.90. The van der Waals surface area contributed by atoms with Crippen molar-refractivity contribution in [3.63, 3.8) is 0 Å². The Morgan fingerprint density at radius 3 is 2.62 bits per heavy atom. The van der Waals surface area contributed by atoms with E-state index in [9.17, 15) is 19.5 Å². The van der Waals surface area contributed by atoms with Crippen molar-refractivity contribution in [1.82, 2.24) is 15.0 Å². The van der Waals surface area contributed by atoms with E-state index in [-0.39, 0.29) is 36.5 Å². The second-order valence-electron chi connectivity index (χ2n) is 14.6. The summed E-state index contributed by atoms with van der Waals surface area (Å²) < 4.78 is 14.5. The molecule has 2 aromatic carbocycles. The number of hydrogen-bond donors (Lipinski definition) is 2. The van der Waals surface area contributed by atoms with Gasteiger partial charge in [-0.2, -0.15) is 0 Å². The molecule has 4 atom stereocenters. The van der Waals surface area contributed by atoms with Crippen molar-refractivity contribution < 1.29 is 29.0 Å². The predicted octanol–water partition coefficient (Wildman–Crippen LogP) is 5.80. The number of carbonyl (C=O) groups is 2. The Hall–Kier alpha value is -4.10. The van der Waals surface area contributed by atoms with E-state index in [4.69, 9.17) is 9.47 Å². The van der Waals surface area contributed by atoms with Gasteiger partial charge in [0.05, 0.1) is 23.2 Å². The van der Waals surface area contributed by atoms with Gasteiger partial charge in [0, 0.05) is 55.0 Å². The molecule has 12 heteroatoms. The maximum absolute atomic E-state index is 15.0. The number of rotatable bonds is 12. The van der Waals surface area contributed by atoms with Crippen LogP contribution in [0.5, 0.6) is 5.75 Å². The Balaban J connectivity index is 1.41. The molecule has 2 N–H and O–H groups in total. The average Bonchev–Trinajstić information content (AvgIpc) is 3.71. The normalized spacial score (nSPS) is 23.4. The minimum atomic E-state index is -2.90. The summed E-state index contributed by atoms with van der Waals surface area (Å²) in [4.78, 5) is 43.6. The highest BCUT2D eigenvalue weighted by Crippen LogP contribution is 2.60. The van der Waals surface area contributed by atoms with Gasteiger partial charge in [0.2, 0.25) is 0 Å². The first-order chi connectivity index (χ1) is 23.8. The zero-order valence-electron chi connectivity index (χ0n) is 29.9. The number of aliphatic hydroxyl groups is 1. The highest BCUT2D eigenvalue weighted by molar-refractivity contribution is 6.71. The Morgan fingerprint density at radius 2 is 1.88 bits per heavy atom. The third kappa shape index (κ3) is 6.69. The van der Waals surface area contributed by atoms with Gasteiger partial charge in [-0.3, -0.25) is 19.2 Å². The lowest BCUT2D eigenvalue weighted by molar-refractivity contribution is -0.145. The number of benzene rings is 2. The van der Waals surface area contributed by atoms with Crippen LogP contribution in [0, 0.1) is 5.92 Å². The molecule has 1 aromatic heterocycles. The first-order valence-electron chi connectivity index (χ1n) is 17.6. The SMILES string of the molecule is CC(C)=CCC/C(C)=C/CN1C(=O)[C@]2(O[C@H](CCn3cc(CCO)nn3)[C@@H]([Si](C)(C)O)[C@@H]2C)c2cc(N3C(=O)COc4ccccc43)ccc21. The average molecular weight is 700 g/mol. The Labute approximate surface area is 295 Å². The molecule has 6 rings (SSSR count). The van der Waals surface area contributed by atoms with Crippen molar-refractivity contribution in [2.45, 2.75) is 90.3 Å². The quantitative estimate of drug-likeness (QED) is 0.179. The number of anilines is 3. The summed E-state index contributed by atoms with van der Waals surface area (Å²) in [5, 5.41) is 17.7. The largest absolute Gasteiger partial charge is 0.482 e. The van der Waals surface area contributed by atoms with E-state index in [1.54, 1.807) is 14.5 Å². The van der Waals surface area contributed by atoms with Gasteiger partial charge in [0.1, 0.15) is 5.75 Å². The van der Waals surface area contributed by atoms with Crippen LogP contribution in [-0.4, -0.2) is 70.9 Å². The Morgan fingerprint density at radius 1 is 1.10 bits per heavy atom. The number of amides is 2. The standard InChI is InChI=1S/C38H49N5O6Si/c1-25(2)10-9-11-26(3)16-20-42-31-15-14-29(43-32-12-7-8-13-33(32)48-24-35(43)45)22-30(31)38(37(42)46)27(4)36(50(5,6)47)34(49-38)17-19-41-23-28(18-21-44)39-40-41/h7-8,10,12-16,22-23,27,34,36,44,47H,9,11,17-21,24H2,1-6H3/b26-16+/t27-,34+,36-,38+/m0/s1. The number of aryl methyl sites for hydroxylation is 1. The van der Waals surface area contributed by atoms with E-state index >= 15 is 0 Å². The van der Waals surface area contributed by atoms with E-state index in [1.807, 2.05) is 68.7 Å². The molecule has 0 aliphatic carbocycles. The van der Waals surface area contributed by atoms with Crippen molar-refractivity contribution in [2.24, 2.45) is 5.92 Å². The van der Waals surface area contributed by atoms with E-state index in [0.717, 1.165) is 18.5 Å². The topological polar surface area (TPSA) is 130 Å². The zero-order valence-corrected chi connectivity index (χ0v) is 30.9. The summed E-state index contributed by atoms with van der Waals surface area (Å²) in [5.41, 5.74) is 4.26. The number of hydrogen-bond acceptors (Lipinski definition) is 8. The van der Waals surface area contributed by atoms with Gasteiger partial charge < -0.3 is 24.3 Å². The smallest absolute Gasteiger partial charge is 0.269 e. The second kappa shape index (κ2) is 14.3. The summed E-state index contributed by atoms with van der Waals surface area (Å²) in [6, 6.07) is 13.2. The third-order valence-corrected chi connectivity index (χ3v) is 12.7. The van der Waals surface area contributed by atoms with Crippen LogP contribution in [0.3, 0.4) is 0 Å². The molecule has 2 amide bonds. The highest BCUT2D eigenvalue weighted by Gasteiger charge is 2.66. The molecule has 3 aliphatic heterocycles. The van der Waals surface area contributed by atoms with E-state index in [2.05, 4.69) is 43.2 Å². The fraction of sp³-hybridized carbons (Fsp3) is 0.474. The van der Waals surface area contributed by atoms with Gasteiger partial charge in [-0.15, -0.1) is 5.10 Å². The number of ether oxygens (including phenoxy) is 2. The van der Waals surface area contributed by atoms with Gasteiger partial charge in [-0.25, -0.2) is 0 Å². The molecule has 3 aromatic rings. The fourth-order valence-electron chi connectivity index (χ4n) is 7.92. The fourth-order valence-corrected chi connectivity index (χ4v) is 10.5. The summed E-state index contributed by atoms with van der Waals surface area (Å²) in [6.07, 6.45) is 8.47. The number of carbonyl (C=O) groups excluding carboxylic acids is 2. The highest BCUT2D eigenvalue weighted by atomic mass is 28.4. The second-order valence-corrected chi connectivity index (χ2v) is 18.5. The van der Waals surface area contributed by atoms with Crippen molar-refractivity contribution in [3.8, 4) is 5.75 Å². The lowest BCUT2D eigenvalue weighted by Crippen LogP contribution is -2.46. The van der Waals surface area contributed by atoms with E-state index in [1.165, 1.54) is 11.1 Å². The molecule has 0 radical (unpaired) electrons. The van der Waals surface area contributed by atoms with Crippen LogP contribution in [-0.2, 0) is 32.9 Å². The molecule has 0 bridgehead atoms. The lowest BCUT2D eigenvalue weighted by Gasteiger charge is -2.33. The number of allylic oxidation sites excluding steroid dienone is 3. The van der Waals surface area contributed by atoms with Crippen molar-refractivity contribution in [1.29, 1.82) is 0 Å². The number of fused-ring (bicyclic) bond motifs is 3. The van der Waals surface area contributed by atoms with Crippen LogP contribution in [0.15, 0.2) is 72.0 Å². The van der Waals surface area contributed by atoms with Crippen LogP contribution >= 0.6 is 0 Å². The number of nitrogens with zero attached hydrogens (tertiary/aromatic N) is 5. The van der Waals surface area contributed by atoms with Crippen LogP contribution in [0.4, 0.5) is 17.1 Å². The van der Waals surface area contributed by atoms with Crippen LogP contribution in [0.2, 0.25) is 18.6 Å². The van der Waals surface area contributed by atoms with Gasteiger partial charge in [0.15, 0.2) is 20.5 Å². The summed E-state index contributed by atoms with van der Waals surface area (Å²) in [6.45, 7) is 12.9. The molecule has 50 heavy (non-hydrogen) atoms. The minimum Gasteiger partial charge on any atom is -0.482 e. The molecule has 0 saturated carbocycles. The number of para-hydroxylation sites is 2. The molecule has 11 nitrogen and oxygen atoms in total. The van der Waals surface area contributed by atoms with Crippen molar-refractivity contribution in [2.75, 3.05) is 29.6 Å². The first kappa shape index (κ1) is 35.7. The van der Waals surface area contributed by atoms with Crippen molar-refractivity contribution >= 4 is 37.2 Å². The summed E-state index contributed by atoms with van der Waals surface area (Å²) >= 11 is 0. The van der Waals surface area contributed by atoms with E-state index < -0.39 is 20.0 Å². The number of aliphatic hydroxyl groups excluding tert-OH is 1. The molecular weight excluding hydrogens is 651 g/mol. The number of aromatic nitrogens is 3. The molecule has 266 valence electrons. The van der Waals surface area contributed by atoms with E-state index in [0.29, 0.717) is 54.3 Å². The molecule has 0 unspecified atom stereocenters. The Bertz CT molecular complexity index is 1810.